The minimum Gasteiger partial charge on any atom is -0.465 e. The normalized spacial score (nSPS) is 15.2. The predicted octanol–water partition coefficient (Wildman–Crippen LogP) is 2.42. The fourth-order valence-corrected chi connectivity index (χ4v) is 3.42. The zero-order valence-electron chi connectivity index (χ0n) is 14.8. The standard InChI is InChI=1S/C18H24N4O3/c1-4-8-22(16(23)13-11-20(12-13)17(24)25)18(2,3)14-10-19-15-7-5-6-9-21(14)15/h5-7,9-10,13H,4,8,11-12H2,1-3H3,(H,24,25). The predicted molar refractivity (Wildman–Crippen MR) is 93.3 cm³/mol. The summed E-state index contributed by atoms with van der Waals surface area (Å²) in [5.41, 5.74) is 1.24. The first-order chi connectivity index (χ1) is 11.9. The zero-order chi connectivity index (χ0) is 18.2. The van der Waals surface area contributed by atoms with E-state index in [0.717, 1.165) is 17.8 Å². The fourth-order valence-electron chi connectivity index (χ4n) is 3.42. The molecule has 25 heavy (non-hydrogen) atoms. The third-order valence-electron chi connectivity index (χ3n) is 4.93. The molecule has 0 spiro atoms. The van der Waals surface area contributed by atoms with E-state index >= 15 is 0 Å². The Morgan fingerprint density at radius 3 is 2.72 bits per heavy atom. The first-order valence-electron chi connectivity index (χ1n) is 8.58. The molecule has 0 aliphatic carbocycles. The number of carbonyl (C=O) groups is 2. The highest BCUT2D eigenvalue weighted by Crippen LogP contribution is 2.31. The Balaban J connectivity index is 1.88. The van der Waals surface area contributed by atoms with E-state index in [1.807, 2.05) is 60.7 Å². The Morgan fingerprint density at radius 1 is 1.36 bits per heavy atom. The lowest BCUT2D eigenvalue weighted by Crippen LogP contribution is -2.59. The third-order valence-corrected chi connectivity index (χ3v) is 4.93. The van der Waals surface area contributed by atoms with Gasteiger partial charge in [0, 0.05) is 25.8 Å². The Labute approximate surface area is 146 Å². The van der Waals surface area contributed by atoms with Gasteiger partial charge in [0.25, 0.3) is 0 Å². The van der Waals surface area contributed by atoms with Crippen LogP contribution < -0.4 is 0 Å². The summed E-state index contributed by atoms with van der Waals surface area (Å²) in [6, 6.07) is 5.81. The molecule has 3 heterocycles. The summed E-state index contributed by atoms with van der Waals surface area (Å²) in [4.78, 5) is 31.6. The molecule has 2 aromatic rings. The second-order valence-corrected chi connectivity index (χ2v) is 7.01. The van der Waals surface area contributed by atoms with Gasteiger partial charge in [0.15, 0.2) is 0 Å². The summed E-state index contributed by atoms with van der Waals surface area (Å²) in [5, 5.41) is 8.99. The lowest BCUT2D eigenvalue weighted by atomic mass is 9.92. The van der Waals surface area contributed by atoms with Crippen molar-refractivity contribution < 1.29 is 14.7 Å². The van der Waals surface area contributed by atoms with E-state index in [-0.39, 0.29) is 24.9 Å². The molecule has 7 nitrogen and oxygen atoms in total. The molecule has 1 N–H and O–H groups in total. The highest BCUT2D eigenvalue weighted by atomic mass is 16.4. The van der Waals surface area contributed by atoms with Crippen LogP contribution in [0.4, 0.5) is 4.79 Å². The summed E-state index contributed by atoms with van der Waals surface area (Å²) < 4.78 is 2.00. The van der Waals surface area contributed by atoms with E-state index in [1.54, 1.807) is 0 Å². The Bertz CT molecular complexity index is 792. The van der Waals surface area contributed by atoms with Crippen LogP contribution in [0.25, 0.3) is 5.65 Å². The number of imidazole rings is 1. The van der Waals surface area contributed by atoms with Gasteiger partial charge in [-0.25, -0.2) is 9.78 Å². The first kappa shape index (κ1) is 17.3. The molecular weight excluding hydrogens is 320 g/mol. The summed E-state index contributed by atoms with van der Waals surface area (Å²) in [6.07, 6.45) is 3.63. The maximum absolute atomic E-state index is 13.0. The number of amides is 2. The van der Waals surface area contributed by atoms with Gasteiger partial charge in [-0.3, -0.25) is 4.79 Å². The largest absolute Gasteiger partial charge is 0.465 e. The highest BCUT2D eigenvalue weighted by molar-refractivity contribution is 5.83. The summed E-state index contributed by atoms with van der Waals surface area (Å²) >= 11 is 0. The minimum absolute atomic E-state index is 0.00947. The molecular formula is C18H24N4O3. The molecule has 7 heteroatoms. The van der Waals surface area contributed by atoms with Crippen LogP contribution >= 0.6 is 0 Å². The van der Waals surface area contributed by atoms with Crippen molar-refractivity contribution in [2.45, 2.75) is 32.7 Å². The summed E-state index contributed by atoms with van der Waals surface area (Å²) in [7, 11) is 0. The van der Waals surface area contributed by atoms with Crippen molar-refractivity contribution in [1.82, 2.24) is 19.2 Å². The van der Waals surface area contributed by atoms with Crippen molar-refractivity contribution in [1.29, 1.82) is 0 Å². The van der Waals surface area contributed by atoms with Crippen molar-refractivity contribution >= 4 is 17.6 Å². The van der Waals surface area contributed by atoms with Crippen LogP contribution in [0.1, 0.15) is 32.9 Å². The van der Waals surface area contributed by atoms with Gasteiger partial charge < -0.3 is 19.3 Å². The number of pyridine rings is 1. The molecule has 1 aliphatic rings. The number of fused-ring (bicyclic) bond motifs is 1. The number of likely N-dealkylation sites (tertiary alicyclic amines) is 1. The second kappa shape index (κ2) is 6.38. The third kappa shape index (κ3) is 2.94. The smallest absolute Gasteiger partial charge is 0.407 e. The first-order valence-corrected chi connectivity index (χ1v) is 8.58. The highest BCUT2D eigenvalue weighted by Gasteiger charge is 2.43. The van der Waals surface area contributed by atoms with E-state index < -0.39 is 11.6 Å². The van der Waals surface area contributed by atoms with Crippen molar-refractivity contribution in [2.24, 2.45) is 5.92 Å². The maximum atomic E-state index is 13.0. The average Bonchev–Trinajstić information content (AvgIpc) is 2.95. The molecule has 0 atom stereocenters. The lowest BCUT2D eigenvalue weighted by molar-refractivity contribution is -0.146. The van der Waals surface area contributed by atoms with Gasteiger partial charge >= 0.3 is 6.09 Å². The quantitative estimate of drug-likeness (QED) is 0.903. The van der Waals surface area contributed by atoms with E-state index in [0.29, 0.717) is 6.54 Å². The fraction of sp³-hybridized carbons (Fsp3) is 0.500. The van der Waals surface area contributed by atoms with Crippen LogP contribution in [-0.2, 0) is 10.3 Å². The van der Waals surface area contributed by atoms with Crippen molar-refractivity contribution in [3.8, 4) is 0 Å². The molecule has 2 amide bonds. The van der Waals surface area contributed by atoms with E-state index in [2.05, 4.69) is 4.98 Å². The number of hydrogen-bond donors (Lipinski definition) is 1. The van der Waals surface area contributed by atoms with Gasteiger partial charge in [0.05, 0.1) is 23.3 Å². The SMILES string of the molecule is CCCN(C(=O)C1CN(C(=O)O)C1)C(C)(C)c1cnc2ccccn12. The minimum atomic E-state index is -0.966. The second-order valence-electron chi connectivity index (χ2n) is 7.01. The molecule has 2 aromatic heterocycles. The Hall–Kier alpha value is -2.57. The molecule has 1 aliphatic heterocycles. The topological polar surface area (TPSA) is 78.2 Å². The molecule has 0 bridgehead atoms. The van der Waals surface area contributed by atoms with Crippen molar-refractivity contribution in [2.75, 3.05) is 19.6 Å². The van der Waals surface area contributed by atoms with Gasteiger partial charge in [-0.2, -0.15) is 0 Å². The molecule has 0 saturated carbocycles. The Morgan fingerprint density at radius 2 is 2.08 bits per heavy atom. The van der Waals surface area contributed by atoms with Gasteiger partial charge in [-0.05, 0) is 32.4 Å². The number of nitrogens with zero attached hydrogens (tertiary/aromatic N) is 4. The van der Waals surface area contributed by atoms with Gasteiger partial charge in [0.2, 0.25) is 5.91 Å². The Kier molecular flexibility index (Phi) is 4.41. The molecule has 0 radical (unpaired) electrons. The number of rotatable bonds is 5. The molecule has 1 fully saturated rings. The van der Waals surface area contributed by atoms with Crippen LogP contribution in [0.2, 0.25) is 0 Å². The van der Waals surface area contributed by atoms with E-state index in [9.17, 15) is 9.59 Å². The molecule has 3 rings (SSSR count). The van der Waals surface area contributed by atoms with E-state index in [4.69, 9.17) is 5.11 Å². The monoisotopic (exact) mass is 344 g/mol. The summed E-state index contributed by atoms with van der Waals surface area (Å²) in [5.74, 6) is -0.253. The summed E-state index contributed by atoms with van der Waals surface area (Å²) in [6.45, 7) is 7.25. The molecule has 134 valence electrons. The van der Waals surface area contributed by atoms with Crippen LogP contribution in [0, 0.1) is 5.92 Å². The van der Waals surface area contributed by atoms with Gasteiger partial charge in [-0.1, -0.05) is 13.0 Å². The number of hydrogen-bond acceptors (Lipinski definition) is 3. The van der Waals surface area contributed by atoms with Crippen LogP contribution in [0.3, 0.4) is 0 Å². The van der Waals surface area contributed by atoms with E-state index in [1.165, 1.54) is 4.90 Å². The molecule has 1 saturated heterocycles. The van der Waals surface area contributed by atoms with Crippen molar-refractivity contribution in [3.63, 3.8) is 0 Å². The maximum Gasteiger partial charge on any atom is 0.407 e. The number of carboxylic acid groups (broad SMARTS) is 1. The van der Waals surface area contributed by atoms with Gasteiger partial charge in [0.1, 0.15) is 5.65 Å². The molecule has 0 aromatic carbocycles. The van der Waals surface area contributed by atoms with Gasteiger partial charge in [-0.15, -0.1) is 0 Å². The zero-order valence-corrected chi connectivity index (χ0v) is 14.8. The lowest BCUT2D eigenvalue weighted by Gasteiger charge is -2.44. The van der Waals surface area contributed by atoms with Crippen LogP contribution in [-0.4, -0.2) is 55.9 Å². The van der Waals surface area contributed by atoms with Crippen LogP contribution in [0.15, 0.2) is 30.6 Å². The van der Waals surface area contributed by atoms with Crippen LogP contribution in [0.5, 0.6) is 0 Å². The molecule has 0 unspecified atom stereocenters. The van der Waals surface area contributed by atoms with Crippen molar-refractivity contribution in [3.05, 3.63) is 36.3 Å². The average molecular weight is 344 g/mol. The number of aromatic nitrogens is 2. The number of carbonyl (C=O) groups excluding carboxylic acids is 1.